The number of hydrogen-bond acceptors (Lipinski definition) is 5. The predicted molar refractivity (Wildman–Crippen MR) is 96.3 cm³/mol. The molecule has 0 spiro atoms. The van der Waals surface area contributed by atoms with Gasteiger partial charge >= 0.3 is 5.97 Å². The Morgan fingerprint density at radius 2 is 1.73 bits per heavy atom. The molecule has 1 saturated carbocycles. The van der Waals surface area contributed by atoms with Crippen molar-refractivity contribution in [2.75, 3.05) is 27.9 Å². The van der Waals surface area contributed by atoms with Crippen LogP contribution in [0.25, 0.3) is 0 Å². The standard InChI is InChI=1S/C20H27NO5/c1-24-17-10-14-8-9-21(20(23)13-6-4-5-7-13)16(12-19(22)26-3)15(14)11-18(17)25-2/h10-11,13,16H,4-9,12H2,1-3H3/t16-/m1/s1. The van der Waals surface area contributed by atoms with Crippen LogP contribution >= 0.6 is 0 Å². The lowest BCUT2D eigenvalue weighted by Crippen LogP contribution is -2.43. The molecule has 1 fully saturated rings. The molecule has 6 heteroatoms. The van der Waals surface area contributed by atoms with Gasteiger partial charge in [-0.05, 0) is 42.5 Å². The maximum atomic E-state index is 13.1. The molecule has 2 aliphatic rings. The summed E-state index contributed by atoms with van der Waals surface area (Å²) < 4.78 is 15.7. The number of nitrogens with zero attached hydrogens (tertiary/aromatic N) is 1. The summed E-state index contributed by atoms with van der Waals surface area (Å²) in [4.78, 5) is 27.0. The fourth-order valence-electron chi connectivity index (χ4n) is 4.16. The topological polar surface area (TPSA) is 65.1 Å². The van der Waals surface area contributed by atoms with Crippen molar-refractivity contribution < 1.29 is 23.8 Å². The van der Waals surface area contributed by atoms with Crippen LogP contribution in [-0.2, 0) is 20.7 Å². The first-order valence-corrected chi connectivity index (χ1v) is 9.21. The van der Waals surface area contributed by atoms with E-state index in [4.69, 9.17) is 14.2 Å². The smallest absolute Gasteiger partial charge is 0.307 e. The molecule has 1 atom stereocenters. The average Bonchev–Trinajstić information content (AvgIpc) is 3.21. The third-order valence-electron chi connectivity index (χ3n) is 5.58. The van der Waals surface area contributed by atoms with E-state index in [1.54, 1.807) is 14.2 Å². The Labute approximate surface area is 154 Å². The number of carbonyl (C=O) groups is 2. The molecule has 1 aliphatic heterocycles. The minimum Gasteiger partial charge on any atom is -0.493 e. The lowest BCUT2D eigenvalue weighted by atomic mass is 9.88. The number of benzene rings is 1. The molecule has 0 saturated heterocycles. The van der Waals surface area contributed by atoms with Crippen molar-refractivity contribution in [3.63, 3.8) is 0 Å². The fraction of sp³-hybridized carbons (Fsp3) is 0.600. The van der Waals surface area contributed by atoms with Gasteiger partial charge in [-0.1, -0.05) is 12.8 Å². The summed E-state index contributed by atoms with van der Waals surface area (Å²) in [5.41, 5.74) is 2.04. The molecule has 0 aromatic heterocycles. The monoisotopic (exact) mass is 361 g/mol. The van der Waals surface area contributed by atoms with Crippen LogP contribution in [0.5, 0.6) is 11.5 Å². The summed E-state index contributed by atoms with van der Waals surface area (Å²) in [6.45, 7) is 0.611. The Kier molecular flexibility index (Phi) is 5.69. The van der Waals surface area contributed by atoms with E-state index in [9.17, 15) is 9.59 Å². The fourth-order valence-corrected chi connectivity index (χ4v) is 4.16. The van der Waals surface area contributed by atoms with Crippen molar-refractivity contribution in [3.8, 4) is 11.5 Å². The second kappa shape index (κ2) is 7.98. The number of rotatable bonds is 5. The first kappa shape index (κ1) is 18.5. The Hall–Kier alpha value is -2.24. The first-order valence-electron chi connectivity index (χ1n) is 9.21. The van der Waals surface area contributed by atoms with Gasteiger partial charge < -0.3 is 19.1 Å². The summed E-state index contributed by atoms with van der Waals surface area (Å²) >= 11 is 0. The van der Waals surface area contributed by atoms with Crippen LogP contribution in [0.15, 0.2) is 12.1 Å². The largest absolute Gasteiger partial charge is 0.493 e. The quantitative estimate of drug-likeness (QED) is 0.755. The zero-order valence-corrected chi connectivity index (χ0v) is 15.7. The van der Waals surface area contributed by atoms with E-state index in [-0.39, 0.29) is 30.3 Å². The van der Waals surface area contributed by atoms with Gasteiger partial charge in [0, 0.05) is 12.5 Å². The molecule has 1 aromatic rings. The van der Waals surface area contributed by atoms with Gasteiger partial charge in [-0.2, -0.15) is 0 Å². The number of ether oxygens (including phenoxy) is 3. The van der Waals surface area contributed by atoms with Gasteiger partial charge in [0.15, 0.2) is 11.5 Å². The highest BCUT2D eigenvalue weighted by Gasteiger charge is 2.37. The van der Waals surface area contributed by atoms with Gasteiger partial charge in [0.2, 0.25) is 5.91 Å². The predicted octanol–water partition coefficient (Wildman–Crippen LogP) is 2.88. The molecular formula is C20H27NO5. The normalized spacial score (nSPS) is 19.8. The molecule has 0 radical (unpaired) electrons. The zero-order valence-electron chi connectivity index (χ0n) is 15.7. The van der Waals surface area contributed by atoms with Crippen molar-refractivity contribution in [2.45, 2.75) is 44.6 Å². The second-order valence-corrected chi connectivity index (χ2v) is 6.97. The Morgan fingerprint density at radius 1 is 1.08 bits per heavy atom. The highest BCUT2D eigenvalue weighted by Crippen LogP contribution is 2.41. The third-order valence-corrected chi connectivity index (χ3v) is 5.58. The van der Waals surface area contributed by atoms with E-state index in [2.05, 4.69) is 0 Å². The summed E-state index contributed by atoms with van der Waals surface area (Å²) in [6.07, 6.45) is 4.99. The van der Waals surface area contributed by atoms with Gasteiger partial charge in [-0.3, -0.25) is 9.59 Å². The van der Waals surface area contributed by atoms with Crippen LogP contribution in [-0.4, -0.2) is 44.7 Å². The van der Waals surface area contributed by atoms with Gasteiger partial charge in [0.1, 0.15) is 0 Å². The number of methoxy groups -OCH3 is 3. The Bertz CT molecular complexity index is 681. The number of esters is 1. The maximum absolute atomic E-state index is 13.1. The molecule has 0 bridgehead atoms. The molecule has 3 rings (SSSR count). The molecule has 142 valence electrons. The molecule has 1 amide bonds. The maximum Gasteiger partial charge on any atom is 0.307 e. The van der Waals surface area contributed by atoms with E-state index >= 15 is 0 Å². The lowest BCUT2D eigenvalue weighted by Gasteiger charge is -2.38. The molecule has 26 heavy (non-hydrogen) atoms. The first-order chi connectivity index (χ1) is 12.6. The molecule has 1 aromatic carbocycles. The van der Waals surface area contributed by atoms with Gasteiger partial charge in [-0.25, -0.2) is 0 Å². The number of fused-ring (bicyclic) bond motifs is 1. The molecule has 1 heterocycles. The van der Waals surface area contributed by atoms with Crippen LogP contribution in [0.1, 0.15) is 49.3 Å². The van der Waals surface area contributed by atoms with E-state index in [1.165, 1.54) is 7.11 Å². The van der Waals surface area contributed by atoms with Gasteiger partial charge in [0.25, 0.3) is 0 Å². The lowest BCUT2D eigenvalue weighted by molar-refractivity contribution is -0.145. The summed E-state index contributed by atoms with van der Waals surface area (Å²) in [5.74, 6) is 1.20. The molecule has 0 unspecified atom stereocenters. The number of hydrogen-bond donors (Lipinski definition) is 0. The van der Waals surface area contributed by atoms with E-state index in [0.717, 1.165) is 43.2 Å². The zero-order chi connectivity index (χ0) is 18.7. The van der Waals surface area contributed by atoms with Crippen molar-refractivity contribution in [2.24, 2.45) is 5.92 Å². The van der Waals surface area contributed by atoms with E-state index in [1.807, 2.05) is 17.0 Å². The molecule has 1 aliphatic carbocycles. The van der Waals surface area contributed by atoms with Crippen LogP contribution in [0, 0.1) is 5.92 Å². The van der Waals surface area contributed by atoms with Crippen molar-refractivity contribution in [1.82, 2.24) is 4.90 Å². The van der Waals surface area contributed by atoms with Crippen LogP contribution in [0.2, 0.25) is 0 Å². The molecule has 0 N–H and O–H groups in total. The highest BCUT2D eigenvalue weighted by atomic mass is 16.5. The van der Waals surface area contributed by atoms with Crippen LogP contribution < -0.4 is 9.47 Å². The summed E-state index contributed by atoms with van der Waals surface area (Å²) in [7, 11) is 4.57. The van der Waals surface area contributed by atoms with E-state index < -0.39 is 0 Å². The van der Waals surface area contributed by atoms with Crippen molar-refractivity contribution >= 4 is 11.9 Å². The van der Waals surface area contributed by atoms with Gasteiger partial charge in [-0.15, -0.1) is 0 Å². The third kappa shape index (κ3) is 3.50. The average molecular weight is 361 g/mol. The summed E-state index contributed by atoms with van der Waals surface area (Å²) in [6, 6.07) is 3.53. The molecule has 6 nitrogen and oxygen atoms in total. The van der Waals surface area contributed by atoms with Gasteiger partial charge in [0.05, 0.1) is 33.8 Å². The minimum atomic E-state index is -0.320. The number of amides is 1. The minimum absolute atomic E-state index is 0.0804. The summed E-state index contributed by atoms with van der Waals surface area (Å²) in [5, 5.41) is 0. The Morgan fingerprint density at radius 3 is 2.35 bits per heavy atom. The Balaban J connectivity index is 1.97. The second-order valence-electron chi connectivity index (χ2n) is 6.97. The van der Waals surface area contributed by atoms with Crippen molar-refractivity contribution in [1.29, 1.82) is 0 Å². The highest BCUT2D eigenvalue weighted by molar-refractivity contribution is 5.81. The molecular weight excluding hydrogens is 334 g/mol. The number of carbonyl (C=O) groups excluding carboxylic acids is 2. The van der Waals surface area contributed by atoms with Crippen LogP contribution in [0.3, 0.4) is 0 Å². The van der Waals surface area contributed by atoms with Crippen LogP contribution in [0.4, 0.5) is 0 Å². The SMILES string of the molecule is COC(=O)C[C@@H]1c2cc(OC)c(OC)cc2CCN1C(=O)C1CCCC1. The van der Waals surface area contributed by atoms with Crippen molar-refractivity contribution in [3.05, 3.63) is 23.3 Å². The van der Waals surface area contributed by atoms with E-state index in [0.29, 0.717) is 18.0 Å².